The Kier molecular flexibility index (Phi) is 2.88. The minimum Gasteiger partial charge on any atom is -0.475 e. The maximum atomic E-state index is 10.6. The molecule has 0 atom stereocenters. The SMILES string of the molecule is Nc1cc(N)nc(Sc2ccc(C(=O)O)o2)n1. The second kappa shape index (κ2) is 4.34. The number of furan rings is 1. The van der Waals surface area contributed by atoms with Crippen molar-refractivity contribution in [2.75, 3.05) is 11.5 Å². The zero-order valence-corrected chi connectivity index (χ0v) is 9.27. The van der Waals surface area contributed by atoms with E-state index in [2.05, 4.69) is 9.97 Å². The van der Waals surface area contributed by atoms with Crippen LogP contribution >= 0.6 is 11.8 Å². The Balaban J connectivity index is 2.22. The van der Waals surface area contributed by atoms with Gasteiger partial charge in [0.1, 0.15) is 11.6 Å². The average molecular weight is 252 g/mol. The van der Waals surface area contributed by atoms with E-state index in [1.807, 2.05) is 0 Å². The lowest BCUT2D eigenvalue weighted by Gasteiger charge is -1.99. The number of carbonyl (C=O) groups is 1. The van der Waals surface area contributed by atoms with Gasteiger partial charge in [0.15, 0.2) is 10.2 Å². The van der Waals surface area contributed by atoms with Gasteiger partial charge in [-0.1, -0.05) is 0 Å². The summed E-state index contributed by atoms with van der Waals surface area (Å²) < 4.78 is 5.03. The van der Waals surface area contributed by atoms with E-state index < -0.39 is 5.97 Å². The van der Waals surface area contributed by atoms with E-state index in [1.54, 1.807) is 0 Å². The largest absolute Gasteiger partial charge is 0.475 e. The number of aromatic nitrogens is 2. The van der Waals surface area contributed by atoms with Crippen LogP contribution in [0.4, 0.5) is 11.6 Å². The van der Waals surface area contributed by atoms with Crippen molar-refractivity contribution in [3.8, 4) is 0 Å². The standard InChI is InChI=1S/C9H8N4O3S/c10-5-3-6(11)13-9(12-5)17-7-2-1-4(16-7)8(14)15/h1-3H,(H,14,15)(H4,10,11,12,13). The molecule has 2 rings (SSSR count). The number of hydrogen-bond acceptors (Lipinski definition) is 7. The first-order valence-corrected chi connectivity index (χ1v) is 5.27. The van der Waals surface area contributed by atoms with Crippen LogP contribution in [-0.2, 0) is 0 Å². The molecule has 7 nitrogen and oxygen atoms in total. The fourth-order valence-corrected chi connectivity index (χ4v) is 1.84. The molecule has 0 aliphatic carbocycles. The van der Waals surface area contributed by atoms with Crippen molar-refractivity contribution in [1.82, 2.24) is 9.97 Å². The van der Waals surface area contributed by atoms with Crippen molar-refractivity contribution >= 4 is 29.4 Å². The van der Waals surface area contributed by atoms with Gasteiger partial charge in [0, 0.05) is 6.07 Å². The molecule has 8 heteroatoms. The van der Waals surface area contributed by atoms with Gasteiger partial charge >= 0.3 is 5.97 Å². The molecule has 2 aromatic heterocycles. The highest BCUT2D eigenvalue weighted by Crippen LogP contribution is 2.27. The van der Waals surface area contributed by atoms with Crippen LogP contribution in [0.25, 0.3) is 0 Å². The highest BCUT2D eigenvalue weighted by molar-refractivity contribution is 7.99. The molecular formula is C9H8N4O3S. The molecule has 0 spiro atoms. The van der Waals surface area contributed by atoms with E-state index in [9.17, 15) is 4.79 Å². The van der Waals surface area contributed by atoms with Gasteiger partial charge in [0.25, 0.3) is 0 Å². The van der Waals surface area contributed by atoms with E-state index in [0.29, 0.717) is 10.2 Å². The lowest BCUT2D eigenvalue weighted by molar-refractivity contribution is 0.0656. The summed E-state index contributed by atoms with van der Waals surface area (Å²) in [5.41, 5.74) is 11.0. The summed E-state index contributed by atoms with van der Waals surface area (Å²) in [7, 11) is 0. The van der Waals surface area contributed by atoms with E-state index >= 15 is 0 Å². The van der Waals surface area contributed by atoms with Crippen molar-refractivity contribution < 1.29 is 14.3 Å². The first kappa shape index (κ1) is 11.3. The second-order valence-electron chi connectivity index (χ2n) is 3.03. The Hall–Kier alpha value is -2.22. The Morgan fingerprint density at radius 3 is 2.47 bits per heavy atom. The van der Waals surface area contributed by atoms with Crippen molar-refractivity contribution in [3.63, 3.8) is 0 Å². The predicted molar refractivity (Wildman–Crippen MR) is 60.6 cm³/mol. The molecule has 88 valence electrons. The molecule has 0 saturated heterocycles. The van der Waals surface area contributed by atoms with Crippen LogP contribution < -0.4 is 11.5 Å². The van der Waals surface area contributed by atoms with Crippen molar-refractivity contribution in [2.24, 2.45) is 0 Å². The van der Waals surface area contributed by atoms with Crippen LogP contribution in [0, 0.1) is 0 Å². The average Bonchev–Trinajstić information content (AvgIpc) is 2.64. The summed E-state index contributed by atoms with van der Waals surface area (Å²) in [6.07, 6.45) is 0. The van der Waals surface area contributed by atoms with Crippen LogP contribution in [0.2, 0.25) is 0 Å². The van der Waals surface area contributed by atoms with Gasteiger partial charge in [-0.25, -0.2) is 14.8 Å². The lowest BCUT2D eigenvalue weighted by atomic mass is 10.5. The summed E-state index contributed by atoms with van der Waals surface area (Å²) in [6.45, 7) is 0. The number of aromatic carboxylic acids is 1. The van der Waals surface area contributed by atoms with Gasteiger partial charge in [0.05, 0.1) is 0 Å². The first-order valence-electron chi connectivity index (χ1n) is 4.45. The minimum absolute atomic E-state index is 0.149. The van der Waals surface area contributed by atoms with E-state index in [-0.39, 0.29) is 17.4 Å². The van der Waals surface area contributed by atoms with E-state index in [1.165, 1.54) is 18.2 Å². The lowest BCUT2D eigenvalue weighted by Crippen LogP contribution is -1.98. The summed E-state index contributed by atoms with van der Waals surface area (Å²) >= 11 is 1.04. The number of nitrogens with two attached hydrogens (primary N) is 2. The Morgan fingerprint density at radius 1 is 1.29 bits per heavy atom. The zero-order chi connectivity index (χ0) is 12.4. The van der Waals surface area contributed by atoms with Gasteiger partial charge in [-0.2, -0.15) is 0 Å². The summed E-state index contributed by atoms with van der Waals surface area (Å²) in [4.78, 5) is 18.5. The van der Waals surface area contributed by atoms with Crippen LogP contribution in [-0.4, -0.2) is 21.0 Å². The molecule has 0 amide bonds. The van der Waals surface area contributed by atoms with Crippen molar-refractivity contribution in [3.05, 3.63) is 24.0 Å². The predicted octanol–water partition coefficient (Wildman–Crippen LogP) is 1.08. The third-order valence-electron chi connectivity index (χ3n) is 1.73. The van der Waals surface area contributed by atoms with Crippen molar-refractivity contribution in [1.29, 1.82) is 0 Å². The maximum Gasteiger partial charge on any atom is 0.371 e. The molecule has 0 fully saturated rings. The molecule has 0 aliphatic heterocycles. The Bertz CT molecular complexity index is 549. The van der Waals surface area contributed by atoms with Gasteiger partial charge < -0.3 is 21.0 Å². The summed E-state index contributed by atoms with van der Waals surface area (Å²) in [5, 5.41) is 9.33. The van der Waals surface area contributed by atoms with E-state index in [0.717, 1.165) is 11.8 Å². The molecule has 0 bridgehead atoms. The van der Waals surface area contributed by atoms with Gasteiger partial charge in [-0.3, -0.25) is 0 Å². The zero-order valence-electron chi connectivity index (χ0n) is 8.45. The highest BCUT2D eigenvalue weighted by atomic mass is 32.2. The fraction of sp³-hybridized carbons (Fsp3) is 0. The van der Waals surface area contributed by atoms with Crippen LogP contribution in [0.1, 0.15) is 10.6 Å². The topological polar surface area (TPSA) is 128 Å². The Morgan fingerprint density at radius 2 is 1.94 bits per heavy atom. The number of nitrogens with zero attached hydrogens (tertiary/aromatic N) is 2. The number of anilines is 2. The van der Waals surface area contributed by atoms with E-state index in [4.69, 9.17) is 21.0 Å². The smallest absolute Gasteiger partial charge is 0.371 e. The van der Waals surface area contributed by atoms with Gasteiger partial charge in [-0.15, -0.1) is 0 Å². The fourth-order valence-electron chi connectivity index (χ4n) is 1.09. The summed E-state index contributed by atoms with van der Waals surface area (Å²) in [5.74, 6) is -0.802. The quantitative estimate of drug-likeness (QED) is 0.692. The molecular weight excluding hydrogens is 244 g/mol. The van der Waals surface area contributed by atoms with Crippen LogP contribution in [0.15, 0.2) is 32.9 Å². The molecule has 0 aromatic carbocycles. The molecule has 2 aromatic rings. The molecule has 0 aliphatic rings. The molecule has 17 heavy (non-hydrogen) atoms. The summed E-state index contributed by atoms with van der Waals surface area (Å²) in [6, 6.07) is 4.28. The second-order valence-corrected chi connectivity index (χ2v) is 4.00. The van der Waals surface area contributed by atoms with Gasteiger partial charge in [-0.05, 0) is 23.9 Å². The number of nitrogen functional groups attached to an aromatic ring is 2. The normalized spacial score (nSPS) is 10.4. The first-order chi connectivity index (χ1) is 8.04. The maximum absolute atomic E-state index is 10.6. The number of carboxylic acid groups (broad SMARTS) is 1. The van der Waals surface area contributed by atoms with Crippen LogP contribution in [0.5, 0.6) is 0 Å². The molecule has 0 unspecified atom stereocenters. The molecule has 0 saturated carbocycles. The highest BCUT2D eigenvalue weighted by Gasteiger charge is 2.11. The molecule has 5 N–H and O–H groups in total. The third-order valence-corrected chi connectivity index (χ3v) is 2.52. The minimum atomic E-state index is -1.13. The molecule has 2 heterocycles. The van der Waals surface area contributed by atoms with Gasteiger partial charge in [0.2, 0.25) is 5.76 Å². The number of carboxylic acids is 1. The monoisotopic (exact) mass is 252 g/mol. The van der Waals surface area contributed by atoms with Crippen LogP contribution in [0.3, 0.4) is 0 Å². The number of rotatable bonds is 3. The van der Waals surface area contributed by atoms with Crippen molar-refractivity contribution in [2.45, 2.75) is 10.2 Å². The molecule has 0 radical (unpaired) electrons. The Labute approximate surface area is 99.8 Å². The number of hydrogen-bond donors (Lipinski definition) is 3. The third kappa shape index (κ3) is 2.67.